The highest BCUT2D eigenvalue weighted by molar-refractivity contribution is 5.45. The Morgan fingerprint density at radius 2 is 2.06 bits per heavy atom. The van der Waals surface area contributed by atoms with E-state index in [0.717, 1.165) is 19.1 Å². The zero-order valence-electron chi connectivity index (χ0n) is 10.9. The molecular weight excluding hydrogens is 208 g/mol. The first-order chi connectivity index (χ1) is 8.40. The number of hydrogen-bond donors (Lipinski definition) is 1. The zero-order valence-corrected chi connectivity index (χ0v) is 10.9. The molecule has 1 N–H and O–H groups in total. The molecule has 0 aromatic heterocycles. The third kappa shape index (κ3) is 3.74. The molecule has 0 saturated carbocycles. The van der Waals surface area contributed by atoms with E-state index in [1.54, 1.807) is 0 Å². The molecule has 2 heteroatoms. The van der Waals surface area contributed by atoms with Crippen LogP contribution in [-0.2, 0) is 0 Å². The summed E-state index contributed by atoms with van der Waals surface area (Å²) in [5.41, 5.74) is 1.35. The molecule has 1 aliphatic heterocycles. The summed E-state index contributed by atoms with van der Waals surface area (Å²) in [4.78, 5) is 2.47. The molecule has 0 bridgehead atoms. The Kier molecular flexibility index (Phi) is 4.87. The molecule has 94 valence electrons. The molecule has 2 rings (SSSR count). The quantitative estimate of drug-likeness (QED) is 0.839. The van der Waals surface area contributed by atoms with E-state index in [4.69, 9.17) is 0 Å². The normalized spacial score (nSPS) is 20.2. The van der Waals surface area contributed by atoms with Crippen LogP contribution < -0.4 is 10.2 Å². The van der Waals surface area contributed by atoms with Crippen LogP contribution in [0.25, 0.3) is 0 Å². The van der Waals surface area contributed by atoms with E-state index in [1.165, 1.54) is 37.9 Å². The van der Waals surface area contributed by atoms with Gasteiger partial charge in [-0.2, -0.15) is 0 Å². The van der Waals surface area contributed by atoms with Crippen molar-refractivity contribution in [3.8, 4) is 0 Å². The van der Waals surface area contributed by atoms with Gasteiger partial charge in [0.1, 0.15) is 0 Å². The molecule has 17 heavy (non-hydrogen) atoms. The third-order valence-electron chi connectivity index (χ3n) is 3.66. The second-order valence-corrected chi connectivity index (χ2v) is 4.85. The summed E-state index contributed by atoms with van der Waals surface area (Å²) in [5, 5.41) is 3.62. The first kappa shape index (κ1) is 12.4. The Morgan fingerprint density at radius 3 is 2.71 bits per heavy atom. The SMILES string of the molecule is CCN(CCC1CCCCN1)c1ccccc1. The summed E-state index contributed by atoms with van der Waals surface area (Å²) in [6, 6.07) is 11.5. The fraction of sp³-hybridized carbons (Fsp3) is 0.600. The predicted molar refractivity (Wildman–Crippen MR) is 74.6 cm³/mol. The monoisotopic (exact) mass is 232 g/mol. The molecule has 0 radical (unpaired) electrons. The van der Waals surface area contributed by atoms with Crippen molar-refractivity contribution in [1.29, 1.82) is 0 Å². The van der Waals surface area contributed by atoms with Crippen molar-refractivity contribution in [3.63, 3.8) is 0 Å². The first-order valence-electron chi connectivity index (χ1n) is 6.93. The molecule has 0 aliphatic carbocycles. The van der Waals surface area contributed by atoms with Crippen molar-refractivity contribution in [2.45, 2.75) is 38.6 Å². The molecule has 1 saturated heterocycles. The number of nitrogens with zero attached hydrogens (tertiary/aromatic N) is 1. The Morgan fingerprint density at radius 1 is 1.24 bits per heavy atom. The molecule has 2 nitrogen and oxygen atoms in total. The lowest BCUT2D eigenvalue weighted by atomic mass is 10.0. The summed E-state index contributed by atoms with van der Waals surface area (Å²) in [6.07, 6.45) is 5.37. The predicted octanol–water partition coefficient (Wildman–Crippen LogP) is 3.05. The van der Waals surface area contributed by atoms with Crippen molar-refractivity contribution in [2.24, 2.45) is 0 Å². The largest absolute Gasteiger partial charge is 0.372 e. The van der Waals surface area contributed by atoms with Crippen LogP contribution in [0.3, 0.4) is 0 Å². The number of benzene rings is 1. The van der Waals surface area contributed by atoms with Gasteiger partial charge in [0.2, 0.25) is 0 Å². The highest BCUT2D eigenvalue weighted by Gasteiger charge is 2.13. The molecule has 0 amide bonds. The van der Waals surface area contributed by atoms with E-state index in [9.17, 15) is 0 Å². The number of anilines is 1. The van der Waals surface area contributed by atoms with Gasteiger partial charge in [-0.3, -0.25) is 0 Å². The van der Waals surface area contributed by atoms with Crippen LogP contribution in [0.1, 0.15) is 32.6 Å². The number of rotatable bonds is 5. The van der Waals surface area contributed by atoms with Gasteiger partial charge in [0.05, 0.1) is 0 Å². The minimum absolute atomic E-state index is 0.738. The van der Waals surface area contributed by atoms with Crippen molar-refractivity contribution in [2.75, 3.05) is 24.5 Å². The summed E-state index contributed by atoms with van der Waals surface area (Å²) in [5.74, 6) is 0. The number of para-hydroxylation sites is 1. The minimum Gasteiger partial charge on any atom is -0.372 e. The van der Waals surface area contributed by atoms with E-state index in [2.05, 4.69) is 47.5 Å². The van der Waals surface area contributed by atoms with Gasteiger partial charge in [-0.25, -0.2) is 0 Å². The van der Waals surface area contributed by atoms with Gasteiger partial charge in [0.25, 0.3) is 0 Å². The highest BCUT2D eigenvalue weighted by atomic mass is 15.1. The van der Waals surface area contributed by atoms with Crippen LogP contribution in [0, 0.1) is 0 Å². The van der Waals surface area contributed by atoms with Crippen LogP contribution >= 0.6 is 0 Å². The summed E-state index contributed by atoms with van der Waals surface area (Å²) < 4.78 is 0. The van der Waals surface area contributed by atoms with Gasteiger partial charge in [-0.05, 0) is 44.9 Å². The van der Waals surface area contributed by atoms with Gasteiger partial charge in [0, 0.05) is 24.8 Å². The smallest absolute Gasteiger partial charge is 0.0366 e. The maximum atomic E-state index is 3.62. The molecule has 1 unspecified atom stereocenters. The number of nitrogens with one attached hydrogen (secondary N) is 1. The highest BCUT2D eigenvalue weighted by Crippen LogP contribution is 2.16. The van der Waals surface area contributed by atoms with Gasteiger partial charge < -0.3 is 10.2 Å². The van der Waals surface area contributed by atoms with Gasteiger partial charge in [-0.15, -0.1) is 0 Å². The topological polar surface area (TPSA) is 15.3 Å². The van der Waals surface area contributed by atoms with Crippen molar-refractivity contribution >= 4 is 5.69 Å². The van der Waals surface area contributed by atoms with Crippen molar-refractivity contribution in [1.82, 2.24) is 5.32 Å². The number of piperidine rings is 1. The average molecular weight is 232 g/mol. The summed E-state index contributed by atoms with van der Waals surface area (Å²) >= 11 is 0. The minimum atomic E-state index is 0.738. The molecule has 1 fully saturated rings. The summed E-state index contributed by atoms with van der Waals surface area (Å²) in [7, 11) is 0. The third-order valence-corrected chi connectivity index (χ3v) is 3.66. The Balaban J connectivity index is 1.83. The number of hydrogen-bond acceptors (Lipinski definition) is 2. The second-order valence-electron chi connectivity index (χ2n) is 4.85. The van der Waals surface area contributed by atoms with Gasteiger partial charge in [0.15, 0.2) is 0 Å². The fourth-order valence-electron chi connectivity index (χ4n) is 2.59. The maximum Gasteiger partial charge on any atom is 0.0366 e. The fourth-order valence-corrected chi connectivity index (χ4v) is 2.59. The molecule has 1 heterocycles. The lowest BCUT2D eigenvalue weighted by Gasteiger charge is -2.28. The standard InChI is InChI=1S/C15H24N2/c1-2-17(15-9-4-3-5-10-15)13-11-14-8-6-7-12-16-14/h3-5,9-10,14,16H,2,6-8,11-13H2,1H3. The van der Waals surface area contributed by atoms with E-state index >= 15 is 0 Å². The van der Waals surface area contributed by atoms with E-state index in [-0.39, 0.29) is 0 Å². The molecule has 1 aromatic carbocycles. The first-order valence-corrected chi connectivity index (χ1v) is 6.93. The molecule has 0 spiro atoms. The molecular formula is C15H24N2. The Hall–Kier alpha value is -1.02. The zero-order chi connectivity index (χ0) is 11.9. The van der Waals surface area contributed by atoms with Crippen LogP contribution in [0.2, 0.25) is 0 Å². The summed E-state index contributed by atoms with van der Waals surface area (Å²) in [6.45, 7) is 5.71. The van der Waals surface area contributed by atoms with E-state index in [1.807, 2.05) is 0 Å². The van der Waals surface area contributed by atoms with Gasteiger partial charge >= 0.3 is 0 Å². The van der Waals surface area contributed by atoms with E-state index in [0.29, 0.717) is 0 Å². The Bertz CT molecular complexity index is 304. The molecule has 1 aliphatic rings. The lowest BCUT2D eigenvalue weighted by Crippen LogP contribution is -2.37. The lowest BCUT2D eigenvalue weighted by molar-refractivity contribution is 0.383. The van der Waals surface area contributed by atoms with Crippen LogP contribution in [-0.4, -0.2) is 25.7 Å². The van der Waals surface area contributed by atoms with E-state index < -0.39 is 0 Å². The maximum absolute atomic E-state index is 3.62. The molecule has 1 aromatic rings. The van der Waals surface area contributed by atoms with Crippen LogP contribution in [0.5, 0.6) is 0 Å². The van der Waals surface area contributed by atoms with Crippen molar-refractivity contribution in [3.05, 3.63) is 30.3 Å². The second kappa shape index (κ2) is 6.65. The average Bonchev–Trinajstić information content (AvgIpc) is 2.42. The van der Waals surface area contributed by atoms with Crippen LogP contribution in [0.15, 0.2) is 30.3 Å². The Labute approximate surface area is 105 Å². The van der Waals surface area contributed by atoms with Crippen LogP contribution in [0.4, 0.5) is 5.69 Å². The molecule has 1 atom stereocenters. The van der Waals surface area contributed by atoms with Crippen molar-refractivity contribution < 1.29 is 0 Å². The van der Waals surface area contributed by atoms with Gasteiger partial charge in [-0.1, -0.05) is 24.6 Å².